The highest BCUT2D eigenvalue weighted by atomic mass is 16.5. The highest BCUT2D eigenvalue weighted by molar-refractivity contribution is 5.84. The van der Waals surface area contributed by atoms with E-state index in [1.165, 1.54) is 12.0 Å². The molecule has 0 aliphatic heterocycles. The van der Waals surface area contributed by atoms with Gasteiger partial charge in [-0.15, -0.1) is 0 Å². The molecule has 1 unspecified atom stereocenters. The lowest BCUT2D eigenvalue weighted by Gasteiger charge is -2.31. The van der Waals surface area contributed by atoms with Gasteiger partial charge in [-0.1, -0.05) is 0 Å². The highest BCUT2D eigenvalue weighted by Gasteiger charge is 2.31. The number of carbonyl (C=O) groups is 1. The molecule has 0 heterocycles. The van der Waals surface area contributed by atoms with Crippen molar-refractivity contribution in [2.75, 3.05) is 20.8 Å². The average Bonchev–Trinajstić information content (AvgIpc) is 2.14. The van der Waals surface area contributed by atoms with Crippen LogP contribution in [0.5, 0.6) is 0 Å². The summed E-state index contributed by atoms with van der Waals surface area (Å²) in [5, 5.41) is 8.86. The molecule has 78 valence electrons. The van der Waals surface area contributed by atoms with Gasteiger partial charge in [0.05, 0.1) is 12.6 Å². The largest absolute Gasteiger partial charge is 0.394 e. The zero-order chi connectivity index (χ0) is 10.6. The summed E-state index contributed by atoms with van der Waals surface area (Å²) in [4.78, 5) is 13.2. The number of nitrogens with zero attached hydrogens (tertiary/aromatic N) is 1. The van der Waals surface area contributed by atoms with E-state index in [0.29, 0.717) is 0 Å². The van der Waals surface area contributed by atoms with Crippen molar-refractivity contribution in [3.05, 3.63) is 0 Å². The van der Waals surface area contributed by atoms with Crippen molar-refractivity contribution < 1.29 is 14.6 Å². The van der Waals surface area contributed by atoms with Crippen molar-refractivity contribution in [1.82, 2.24) is 4.90 Å². The summed E-state index contributed by atoms with van der Waals surface area (Å²) >= 11 is 0. The molecule has 0 spiro atoms. The van der Waals surface area contributed by atoms with Crippen LogP contribution in [0, 0.1) is 0 Å². The van der Waals surface area contributed by atoms with Gasteiger partial charge in [0.15, 0.2) is 0 Å². The summed E-state index contributed by atoms with van der Waals surface area (Å²) in [6, 6.07) is -0.179. The molecule has 0 aromatic heterocycles. The van der Waals surface area contributed by atoms with Crippen molar-refractivity contribution in [3.8, 4) is 0 Å². The summed E-state index contributed by atoms with van der Waals surface area (Å²) in [5.74, 6) is -0.128. The summed E-state index contributed by atoms with van der Waals surface area (Å²) in [6.07, 6.45) is 0. The lowest BCUT2D eigenvalue weighted by molar-refractivity contribution is -0.152. The molecule has 4 heteroatoms. The second-order valence-corrected chi connectivity index (χ2v) is 3.66. The molecule has 0 saturated heterocycles. The molecule has 0 aliphatic carbocycles. The van der Waals surface area contributed by atoms with Gasteiger partial charge in [0.1, 0.15) is 5.60 Å². The van der Waals surface area contributed by atoms with Gasteiger partial charge in [-0.3, -0.25) is 4.79 Å². The Morgan fingerprint density at radius 1 is 1.62 bits per heavy atom. The fourth-order valence-electron chi connectivity index (χ4n) is 0.835. The third kappa shape index (κ3) is 2.97. The van der Waals surface area contributed by atoms with Crippen LogP contribution in [0.1, 0.15) is 20.8 Å². The van der Waals surface area contributed by atoms with Crippen LogP contribution in [-0.4, -0.2) is 48.3 Å². The van der Waals surface area contributed by atoms with Crippen LogP contribution in [0.15, 0.2) is 0 Å². The molecule has 0 aromatic rings. The zero-order valence-corrected chi connectivity index (χ0v) is 9.00. The Labute approximate surface area is 79.5 Å². The molecular formula is C9H19NO3. The molecule has 1 amide bonds. The van der Waals surface area contributed by atoms with Crippen molar-refractivity contribution in [1.29, 1.82) is 0 Å². The Kier molecular flexibility index (Phi) is 4.36. The van der Waals surface area contributed by atoms with Crippen LogP contribution in [0.4, 0.5) is 0 Å². The van der Waals surface area contributed by atoms with E-state index in [1.54, 1.807) is 27.8 Å². The topological polar surface area (TPSA) is 49.8 Å². The van der Waals surface area contributed by atoms with Gasteiger partial charge < -0.3 is 14.7 Å². The second-order valence-electron chi connectivity index (χ2n) is 3.66. The first-order valence-corrected chi connectivity index (χ1v) is 4.30. The van der Waals surface area contributed by atoms with E-state index in [4.69, 9.17) is 9.84 Å². The lowest BCUT2D eigenvalue weighted by Crippen LogP contribution is -2.48. The van der Waals surface area contributed by atoms with Gasteiger partial charge in [-0.25, -0.2) is 0 Å². The minimum absolute atomic E-state index is 0.0396. The molecule has 0 aromatic carbocycles. The van der Waals surface area contributed by atoms with Crippen molar-refractivity contribution in [3.63, 3.8) is 0 Å². The average molecular weight is 189 g/mol. The number of methoxy groups -OCH3 is 1. The molecular weight excluding hydrogens is 170 g/mol. The Balaban J connectivity index is 4.42. The SMILES string of the molecule is COC(C)(C)C(=O)N(C)C(C)CO. The number of rotatable bonds is 4. The zero-order valence-electron chi connectivity index (χ0n) is 9.00. The summed E-state index contributed by atoms with van der Waals surface area (Å²) in [7, 11) is 3.15. The van der Waals surface area contributed by atoms with E-state index in [9.17, 15) is 4.79 Å². The van der Waals surface area contributed by atoms with Crippen LogP contribution in [0.25, 0.3) is 0 Å². The molecule has 4 nitrogen and oxygen atoms in total. The predicted octanol–water partition coefficient (Wildman–Crippen LogP) is 0.251. The van der Waals surface area contributed by atoms with Crippen LogP contribution >= 0.6 is 0 Å². The lowest BCUT2D eigenvalue weighted by atomic mass is 10.1. The Hall–Kier alpha value is -0.610. The first-order chi connectivity index (χ1) is 5.86. The van der Waals surface area contributed by atoms with E-state index in [1.807, 2.05) is 0 Å². The first kappa shape index (κ1) is 12.4. The molecule has 0 rings (SSSR count). The number of ether oxygens (including phenoxy) is 1. The molecule has 1 N–H and O–H groups in total. The number of likely N-dealkylation sites (N-methyl/N-ethyl adjacent to an activating group) is 1. The van der Waals surface area contributed by atoms with Gasteiger partial charge in [0, 0.05) is 14.2 Å². The molecule has 0 aliphatic rings. The minimum atomic E-state index is -0.821. The smallest absolute Gasteiger partial charge is 0.254 e. The number of hydrogen-bond acceptors (Lipinski definition) is 3. The van der Waals surface area contributed by atoms with E-state index in [-0.39, 0.29) is 18.6 Å². The number of amides is 1. The van der Waals surface area contributed by atoms with E-state index < -0.39 is 5.60 Å². The first-order valence-electron chi connectivity index (χ1n) is 4.30. The Bertz CT molecular complexity index is 180. The molecule has 13 heavy (non-hydrogen) atoms. The normalized spacial score (nSPS) is 14.0. The summed E-state index contributed by atoms with van der Waals surface area (Å²) in [5.41, 5.74) is -0.821. The number of carbonyl (C=O) groups excluding carboxylic acids is 1. The number of aliphatic hydroxyl groups excluding tert-OH is 1. The Morgan fingerprint density at radius 3 is 2.38 bits per heavy atom. The second kappa shape index (κ2) is 4.58. The highest BCUT2D eigenvalue weighted by Crippen LogP contribution is 2.12. The predicted molar refractivity (Wildman–Crippen MR) is 50.4 cm³/mol. The van der Waals surface area contributed by atoms with E-state index in [2.05, 4.69) is 0 Å². The van der Waals surface area contributed by atoms with Gasteiger partial charge in [0.2, 0.25) is 0 Å². The fourth-order valence-corrected chi connectivity index (χ4v) is 0.835. The fraction of sp³-hybridized carbons (Fsp3) is 0.889. The van der Waals surface area contributed by atoms with Gasteiger partial charge in [-0.05, 0) is 20.8 Å². The van der Waals surface area contributed by atoms with Gasteiger partial charge >= 0.3 is 0 Å². The minimum Gasteiger partial charge on any atom is -0.394 e. The maximum absolute atomic E-state index is 11.7. The number of hydrogen-bond donors (Lipinski definition) is 1. The van der Waals surface area contributed by atoms with Crippen molar-refractivity contribution in [2.24, 2.45) is 0 Å². The maximum atomic E-state index is 11.7. The van der Waals surface area contributed by atoms with E-state index >= 15 is 0 Å². The number of aliphatic hydroxyl groups is 1. The maximum Gasteiger partial charge on any atom is 0.254 e. The molecule has 0 radical (unpaired) electrons. The molecule has 0 saturated carbocycles. The van der Waals surface area contributed by atoms with E-state index in [0.717, 1.165) is 0 Å². The van der Waals surface area contributed by atoms with Crippen molar-refractivity contribution >= 4 is 5.91 Å². The molecule has 0 bridgehead atoms. The van der Waals surface area contributed by atoms with Crippen LogP contribution in [0.2, 0.25) is 0 Å². The van der Waals surface area contributed by atoms with Gasteiger partial charge in [0.25, 0.3) is 5.91 Å². The van der Waals surface area contributed by atoms with Crippen LogP contribution in [-0.2, 0) is 9.53 Å². The monoisotopic (exact) mass is 189 g/mol. The Morgan fingerprint density at radius 2 is 2.08 bits per heavy atom. The summed E-state index contributed by atoms with van der Waals surface area (Å²) in [6.45, 7) is 5.15. The molecule has 0 fully saturated rings. The summed E-state index contributed by atoms with van der Waals surface area (Å²) < 4.78 is 5.04. The van der Waals surface area contributed by atoms with Gasteiger partial charge in [-0.2, -0.15) is 0 Å². The van der Waals surface area contributed by atoms with Crippen LogP contribution < -0.4 is 0 Å². The van der Waals surface area contributed by atoms with Crippen LogP contribution in [0.3, 0.4) is 0 Å². The third-order valence-electron chi connectivity index (χ3n) is 2.27. The third-order valence-corrected chi connectivity index (χ3v) is 2.27. The standard InChI is InChI=1S/C9H19NO3/c1-7(6-11)10(4)8(12)9(2,3)13-5/h7,11H,6H2,1-5H3. The quantitative estimate of drug-likeness (QED) is 0.689. The molecule has 1 atom stereocenters. The van der Waals surface area contributed by atoms with Crippen molar-refractivity contribution in [2.45, 2.75) is 32.4 Å².